The van der Waals surface area contributed by atoms with Crippen LogP contribution in [-0.2, 0) is 4.79 Å². The fraction of sp³-hybridized carbons (Fsp3) is 0.625. The molecule has 0 aromatic carbocycles. The molecule has 3 nitrogen and oxygen atoms in total. The van der Waals surface area contributed by atoms with Gasteiger partial charge in [0, 0.05) is 13.0 Å². The molecule has 1 rings (SSSR count). The number of hydrogen-bond donors (Lipinski definition) is 1. The molecule has 0 aromatic heterocycles. The number of terminal acetylenes is 1. The van der Waals surface area contributed by atoms with Gasteiger partial charge in [-0.3, -0.25) is 4.79 Å². The Hall–Kier alpha value is -1.22. The molecule has 78 valence electrons. The summed E-state index contributed by atoms with van der Waals surface area (Å²) in [4.78, 5) is 11.7. The summed E-state index contributed by atoms with van der Waals surface area (Å²) < 4.78 is 35.7. The van der Waals surface area contributed by atoms with E-state index in [2.05, 4.69) is 0 Å². The predicted octanol–water partition coefficient (Wildman–Crippen LogP) is 0.145. The highest BCUT2D eigenvalue weighted by molar-refractivity contribution is 5.90. The van der Waals surface area contributed by atoms with Crippen molar-refractivity contribution in [2.45, 2.75) is 18.2 Å². The molecular formula is C8H8F3NO2. The zero-order chi connectivity index (χ0) is 11.0. The molecule has 1 heterocycles. The zero-order valence-corrected chi connectivity index (χ0v) is 7.14. The average molecular weight is 207 g/mol. The first-order valence-electron chi connectivity index (χ1n) is 3.85. The van der Waals surface area contributed by atoms with E-state index in [-0.39, 0.29) is 13.0 Å². The summed E-state index contributed by atoms with van der Waals surface area (Å²) >= 11 is 0. The van der Waals surface area contributed by atoms with Crippen molar-refractivity contribution < 1.29 is 23.1 Å². The van der Waals surface area contributed by atoms with Crippen molar-refractivity contribution in [1.29, 1.82) is 0 Å². The van der Waals surface area contributed by atoms with Crippen LogP contribution in [0.5, 0.6) is 0 Å². The Morgan fingerprint density at radius 2 is 2.21 bits per heavy atom. The maximum absolute atomic E-state index is 11.9. The van der Waals surface area contributed by atoms with Crippen LogP contribution >= 0.6 is 0 Å². The zero-order valence-electron chi connectivity index (χ0n) is 7.14. The van der Waals surface area contributed by atoms with Crippen molar-refractivity contribution in [3.05, 3.63) is 0 Å². The van der Waals surface area contributed by atoms with Gasteiger partial charge < -0.3 is 10.0 Å². The number of nitrogens with zero attached hydrogens (tertiary/aromatic N) is 1. The summed E-state index contributed by atoms with van der Waals surface area (Å²) in [6.07, 6.45) is 0.239. The van der Waals surface area contributed by atoms with Gasteiger partial charge in [0.05, 0.1) is 0 Å². The number of aliphatic hydroxyl groups is 1. The minimum atomic E-state index is -4.46. The molecule has 1 atom stereocenters. The lowest BCUT2D eigenvalue weighted by Gasteiger charge is -2.19. The van der Waals surface area contributed by atoms with Crippen molar-refractivity contribution in [3.8, 4) is 12.3 Å². The SMILES string of the molecule is C#C[C@]1(O)CCN(CC(F)(F)F)C1=O. The van der Waals surface area contributed by atoms with Gasteiger partial charge in [0.1, 0.15) is 6.54 Å². The lowest BCUT2D eigenvalue weighted by Crippen LogP contribution is -2.42. The highest BCUT2D eigenvalue weighted by atomic mass is 19.4. The van der Waals surface area contributed by atoms with Gasteiger partial charge in [0.2, 0.25) is 5.60 Å². The Morgan fingerprint density at radius 1 is 1.64 bits per heavy atom. The van der Waals surface area contributed by atoms with E-state index >= 15 is 0 Å². The fourth-order valence-electron chi connectivity index (χ4n) is 1.27. The van der Waals surface area contributed by atoms with Gasteiger partial charge in [-0.25, -0.2) is 0 Å². The van der Waals surface area contributed by atoms with E-state index in [4.69, 9.17) is 6.42 Å². The van der Waals surface area contributed by atoms with Crippen molar-refractivity contribution >= 4 is 5.91 Å². The second-order valence-electron chi connectivity index (χ2n) is 3.10. The molecule has 1 amide bonds. The molecule has 14 heavy (non-hydrogen) atoms. The molecule has 0 aliphatic carbocycles. The fourth-order valence-corrected chi connectivity index (χ4v) is 1.27. The first-order valence-corrected chi connectivity index (χ1v) is 3.85. The summed E-state index contributed by atoms with van der Waals surface area (Å²) in [5, 5.41) is 9.34. The molecule has 0 aromatic rings. The van der Waals surface area contributed by atoms with Crippen LogP contribution < -0.4 is 0 Å². The van der Waals surface area contributed by atoms with Crippen LogP contribution in [0.25, 0.3) is 0 Å². The van der Waals surface area contributed by atoms with Gasteiger partial charge >= 0.3 is 6.18 Å². The number of carbonyl (C=O) groups is 1. The van der Waals surface area contributed by atoms with Crippen LogP contribution in [0, 0.1) is 12.3 Å². The van der Waals surface area contributed by atoms with E-state index < -0.39 is 24.2 Å². The van der Waals surface area contributed by atoms with Crippen LogP contribution in [0.15, 0.2) is 0 Å². The maximum Gasteiger partial charge on any atom is 0.406 e. The molecule has 1 N–H and O–H groups in total. The number of halogens is 3. The smallest absolute Gasteiger partial charge is 0.369 e. The lowest BCUT2D eigenvalue weighted by atomic mass is 10.0. The molecule has 0 radical (unpaired) electrons. The van der Waals surface area contributed by atoms with Crippen LogP contribution in [0.3, 0.4) is 0 Å². The number of amides is 1. The lowest BCUT2D eigenvalue weighted by molar-refractivity contribution is -0.162. The maximum atomic E-state index is 11.9. The number of likely N-dealkylation sites (tertiary alicyclic amines) is 1. The Labute approximate surface area is 78.5 Å². The molecule has 1 saturated heterocycles. The summed E-state index contributed by atoms with van der Waals surface area (Å²) in [5.74, 6) is 0.759. The summed E-state index contributed by atoms with van der Waals surface area (Å²) in [7, 11) is 0. The van der Waals surface area contributed by atoms with E-state index in [1.54, 1.807) is 5.92 Å². The first kappa shape index (κ1) is 10.9. The van der Waals surface area contributed by atoms with E-state index in [0.29, 0.717) is 4.90 Å². The molecule has 1 aliphatic rings. The number of hydrogen-bond acceptors (Lipinski definition) is 2. The van der Waals surface area contributed by atoms with Gasteiger partial charge in [-0.1, -0.05) is 5.92 Å². The molecule has 6 heteroatoms. The van der Waals surface area contributed by atoms with E-state index in [9.17, 15) is 23.1 Å². The molecule has 0 bridgehead atoms. The standard InChI is InChI=1S/C8H8F3NO2/c1-2-7(14)3-4-12(6(7)13)5-8(9,10)11/h1,14H,3-5H2/t7-/m0/s1. The summed E-state index contributed by atoms with van der Waals surface area (Å²) in [5.41, 5.74) is -2.05. The van der Waals surface area contributed by atoms with E-state index in [0.717, 1.165) is 0 Å². The number of carbonyl (C=O) groups excluding carboxylic acids is 1. The normalized spacial score (nSPS) is 27.9. The van der Waals surface area contributed by atoms with Crippen molar-refractivity contribution in [2.75, 3.05) is 13.1 Å². The van der Waals surface area contributed by atoms with Crippen molar-refractivity contribution in [1.82, 2.24) is 4.90 Å². The van der Waals surface area contributed by atoms with Gasteiger partial charge in [-0.05, 0) is 0 Å². The second kappa shape index (κ2) is 3.17. The van der Waals surface area contributed by atoms with Crippen molar-refractivity contribution in [2.24, 2.45) is 0 Å². The molecule has 0 saturated carbocycles. The Balaban J connectivity index is 2.72. The van der Waals surface area contributed by atoms with E-state index in [1.165, 1.54) is 0 Å². The number of alkyl halides is 3. The Morgan fingerprint density at radius 3 is 2.57 bits per heavy atom. The minimum absolute atomic E-state index is 0.154. The summed E-state index contributed by atoms with van der Waals surface area (Å²) in [6.45, 7) is -1.53. The molecule has 1 aliphatic heterocycles. The Kier molecular flexibility index (Phi) is 2.46. The number of rotatable bonds is 1. The third kappa shape index (κ3) is 1.99. The third-order valence-electron chi connectivity index (χ3n) is 1.99. The Bertz CT molecular complexity index is 294. The average Bonchev–Trinajstić information content (AvgIpc) is 2.32. The monoisotopic (exact) mass is 207 g/mol. The largest absolute Gasteiger partial charge is 0.406 e. The van der Waals surface area contributed by atoms with E-state index in [1.807, 2.05) is 0 Å². The summed E-state index contributed by atoms with van der Waals surface area (Å²) in [6, 6.07) is 0. The topological polar surface area (TPSA) is 40.5 Å². The molecule has 0 unspecified atom stereocenters. The minimum Gasteiger partial charge on any atom is -0.369 e. The van der Waals surface area contributed by atoms with Gasteiger partial charge in [0.15, 0.2) is 0 Å². The van der Waals surface area contributed by atoms with Gasteiger partial charge in [0.25, 0.3) is 5.91 Å². The molecule has 1 fully saturated rings. The first-order chi connectivity index (χ1) is 6.28. The van der Waals surface area contributed by atoms with Gasteiger partial charge in [-0.15, -0.1) is 6.42 Å². The van der Waals surface area contributed by atoms with Crippen LogP contribution in [0.2, 0.25) is 0 Å². The van der Waals surface area contributed by atoms with Crippen molar-refractivity contribution in [3.63, 3.8) is 0 Å². The second-order valence-corrected chi connectivity index (χ2v) is 3.10. The molecular weight excluding hydrogens is 199 g/mol. The third-order valence-corrected chi connectivity index (χ3v) is 1.99. The van der Waals surface area contributed by atoms with Gasteiger partial charge in [-0.2, -0.15) is 13.2 Å². The predicted molar refractivity (Wildman–Crippen MR) is 41.0 cm³/mol. The van der Waals surface area contributed by atoms with Crippen LogP contribution in [0.1, 0.15) is 6.42 Å². The van der Waals surface area contributed by atoms with Crippen LogP contribution in [-0.4, -0.2) is 40.8 Å². The highest BCUT2D eigenvalue weighted by Crippen LogP contribution is 2.26. The van der Waals surface area contributed by atoms with Crippen LogP contribution in [0.4, 0.5) is 13.2 Å². The highest BCUT2D eigenvalue weighted by Gasteiger charge is 2.47. The quantitative estimate of drug-likeness (QED) is 0.621. The molecule has 0 spiro atoms.